The van der Waals surface area contributed by atoms with Crippen molar-refractivity contribution in [1.29, 1.82) is 0 Å². The average Bonchev–Trinajstić information content (AvgIpc) is 2.35. The van der Waals surface area contributed by atoms with E-state index in [0.717, 1.165) is 31.5 Å². The number of hydrogen-bond acceptors (Lipinski definition) is 2. The summed E-state index contributed by atoms with van der Waals surface area (Å²) in [6.07, 6.45) is 1.97. The van der Waals surface area contributed by atoms with Crippen LogP contribution in [0.15, 0.2) is 41.5 Å². The van der Waals surface area contributed by atoms with Crippen molar-refractivity contribution < 1.29 is 4.79 Å². The van der Waals surface area contributed by atoms with Gasteiger partial charge in [0, 0.05) is 24.7 Å². The fourth-order valence-electron chi connectivity index (χ4n) is 2.11. The number of aryl methyl sites for hydroxylation is 1. The van der Waals surface area contributed by atoms with Gasteiger partial charge in [0.05, 0.1) is 0 Å². The van der Waals surface area contributed by atoms with Crippen molar-refractivity contribution in [1.82, 2.24) is 10.6 Å². The second kappa shape index (κ2) is 6.53. The van der Waals surface area contributed by atoms with E-state index in [0.29, 0.717) is 0 Å². The first-order chi connectivity index (χ1) is 9.16. The zero-order chi connectivity index (χ0) is 13.7. The van der Waals surface area contributed by atoms with E-state index in [1.54, 1.807) is 0 Å². The Morgan fingerprint density at radius 1 is 1.32 bits per heavy atom. The first-order valence-electron chi connectivity index (χ1n) is 6.91. The normalized spacial score (nSPS) is 15.6. The van der Waals surface area contributed by atoms with Crippen molar-refractivity contribution in [3.05, 3.63) is 47.0 Å². The monoisotopic (exact) mass is 258 g/mol. The molecule has 2 N–H and O–H groups in total. The molecule has 3 nitrogen and oxygen atoms in total. The molecule has 1 fully saturated rings. The van der Waals surface area contributed by atoms with E-state index in [1.165, 1.54) is 11.1 Å². The minimum Gasteiger partial charge on any atom is -0.350 e. The summed E-state index contributed by atoms with van der Waals surface area (Å²) in [5, 5.41) is 6.23. The molecule has 0 bridgehead atoms. The summed E-state index contributed by atoms with van der Waals surface area (Å²) >= 11 is 0. The van der Waals surface area contributed by atoms with Gasteiger partial charge in [0.1, 0.15) is 0 Å². The van der Waals surface area contributed by atoms with Crippen LogP contribution in [0.5, 0.6) is 0 Å². The highest BCUT2D eigenvalue weighted by Crippen LogP contribution is 2.10. The van der Waals surface area contributed by atoms with Crippen LogP contribution in [-0.2, 0) is 11.2 Å². The van der Waals surface area contributed by atoms with Crippen molar-refractivity contribution in [2.45, 2.75) is 32.7 Å². The van der Waals surface area contributed by atoms with Crippen molar-refractivity contribution in [2.75, 3.05) is 13.1 Å². The van der Waals surface area contributed by atoms with Crippen LogP contribution in [0.3, 0.4) is 0 Å². The molecular formula is C16H22N2O. The van der Waals surface area contributed by atoms with Gasteiger partial charge in [-0.25, -0.2) is 0 Å². The van der Waals surface area contributed by atoms with Gasteiger partial charge in [-0.1, -0.05) is 30.3 Å². The quantitative estimate of drug-likeness (QED) is 0.794. The molecular weight excluding hydrogens is 236 g/mol. The Bertz CT molecular complexity index is 459. The summed E-state index contributed by atoms with van der Waals surface area (Å²) in [7, 11) is 0. The van der Waals surface area contributed by atoms with Crippen molar-refractivity contribution in [2.24, 2.45) is 0 Å². The standard InChI is InChI=1S/C16H22N2O/c1-12(8-9-14-6-4-3-5-7-14)18-16(19)13(2)15-10-17-11-15/h3-7,12,17H,8-11H2,1-2H3,(H,18,19). The van der Waals surface area contributed by atoms with Gasteiger partial charge in [0.15, 0.2) is 0 Å². The zero-order valence-electron chi connectivity index (χ0n) is 11.7. The lowest BCUT2D eigenvalue weighted by molar-refractivity contribution is -0.118. The summed E-state index contributed by atoms with van der Waals surface area (Å²) in [6.45, 7) is 5.70. The van der Waals surface area contributed by atoms with Gasteiger partial charge >= 0.3 is 0 Å². The Hall–Kier alpha value is -1.61. The third-order valence-electron chi connectivity index (χ3n) is 3.63. The third kappa shape index (κ3) is 3.93. The Balaban J connectivity index is 1.78. The number of amides is 1. The highest BCUT2D eigenvalue weighted by Gasteiger charge is 2.17. The molecule has 0 aliphatic carbocycles. The van der Waals surface area contributed by atoms with E-state index >= 15 is 0 Å². The molecule has 1 heterocycles. The highest BCUT2D eigenvalue weighted by molar-refractivity contribution is 5.94. The van der Waals surface area contributed by atoms with Gasteiger partial charge < -0.3 is 10.6 Å². The minimum absolute atomic E-state index is 0.0806. The number of benzene rings is 1. The first kappa shape index (κ1) is 13.8. The molecule has 1 aliphatic rings. The predicted molar refractivity (Wildman–Crippen MR) is 77.9 cm³/mol. The van der Waals surface area contributed by atoms with Gasteiger partial charge in [-0.3, -0.25) is 4.79 Å². The Labute approximate surface area is 115 Å². The maximum Gasteiger partial charge on any atom is 0.247 e. The molecule has 0 spiro atoms. The lowest BCUT2D eigenvalue weighted by Gasteiger charge is -2.22. The SMILES string of the molecule is CC(C(=O)NC(C)CCc1ccccc1)=C1CNC1. The second-order valence-corrected chi connectivity index (χ2v) is 5.23. The maximum absolute atomic E-state index is 12.0. The summed E-state index contributed by atoms with van der Waals surface area (Å²) in [5.41, 5.74) is 3.43. The molecule has 0 saturated carbocycles. The highest BCUT2D eigenvalue weighted by atomic mass is 16.1. The van der Waals surface area contributed by atoms with Crippen molar-refractivity contribution in [3.8, 4) is 0 Å². The summed E-state index contributed by atoms with van der Waals surface area (Å²) in [5.74, 6) is 0.0806. The van der Waals surface area contributed by atoms with Crippen LogP contribution < -0.4 is 10.6 Å². The van der Waals surface area contributed by atoms with Gasteiger partial charge in [-0.15, -0.1) is 0 Å². The van der Waals surface area contributed by atoms with E-state index in [-0.39, 0.29) is 11.9 Å². The molecule has 19 heavy (non-hydrogen) atoms. The Morgan fingerprint density at radius 3 is 2.58 bits per heavy atom. The molecule has 3 heteroatoms. The number of carbonyl (C=O) groups is 1. The molecule has 1 atom stereocenters. The van der Waals surface area contributed by atoms with Gasteiger partial charge in [0.25, 0.3) is 0 Å². The lowest BCUT2D eigenvalue weighted by Crippen LogP contribution is -2.39. The number of carbonyl (C=O) groups excluding carboxylic acids is 1. The van der Waals surface area contributed by atoms with Crippen LogP contribution >= 0.6 is 0 Å². The fraction of sp³-hybridized carbons (Fsp3) is 0.438. The predicted octanol–water partition coefficient (Wildman–Crippen LogP) is 2.04. The van der Waals surface area contributed by atoms with Crippen LogP contribution in [0.1, 0.15) is 25.8 Å². The zero-order valence-corrected chi connectivity index (χ0v) is 11.7. The fourth-order valence-corrected chi connectivity index (χ4v) is 2.11. The molecule has 1 unspecified atom stereocenters. The van der Waals surface area contributed by atoms with E-state index in [1.807, 2.05) is 13.0 Å². The Kier molecular flexibility index (Phi) is 4.74. The molecule has 0 radical (unpaired) electrons. The number of nitrogens with one attached hydrogen (secondary N) is 2. The largest absolute Gasteiger partial charge is 0.350 e. The molecule has 1 aromatic rings. The molecule has 0 aromatic heterocycles. The van der Waals surface area contributed by atoms with Crippen LogP contribution in [0.25, 0.3) is 0 Å². The number of hydrogen-bond donors (Lipinski definition) is 2. The van der Waals surface area contributed by atoms with E-state index in [9.17, 15) is 4.79 Å². The van der Waals surface area contributed by atoms with Crippen LogP contribution in [-0.4, -0.2) is 25.0 Å². The van der Waals surface area contributed by atoms with Gasteiger partial charge in [0.2, 0.25) is 5.91 Å². The van der Waals surface area contributed by atoms with Crippen LogP contribution in [0.2, 0.25) is 0 Å². The second-order valence-electron chi connectivity index (χ2n) is 5.23. The molecule has 1 saturated heterocycles. The van der Waals surface area contributed by atoms with E-state index in [4.69, 9.17) is 0 Å². The summed E-state index contributed by atoms with van der Waals surface area (Å²) in [6, 6.07) is 10.6. The molecule has 1 aromatic carbocycles. The lowest BCUT2D eigenvalue weighted by atomic mass is 10.0. The maximum atomic E-state index is 12.0. The Morgan fingerprint density at radius 2 is 2.00 bits per heavy atom. The molecule has 1 amide bonds. The smallest absolute Gasteiger partial charge is 0.247 e. The van der Waals surface area contributed by atoms with Crippen LogP contribution in [0, 0.1) is 0 Å². The minimum atomic E-state index is 0.0806. The van der Waals surface area contributed by atoms with Crippen molar-refractivity contribution in [3.63, 3.8) is 0 Å². The van der Waals surface area contributed by atoms with Crippen molar-refractivity contribution >= 4 is 5.91 Å². The molecule has 1 aliphatic heterocycles. The third-order valence-corrected chi connectivity index (χ3v) is 3.63. The summed E-state index contributed by atoms with van der Waals surface area (Å²) < 4.78 is 0. The van der Waals surface area contributed by atoms with Gasteiger partial charge in [-0.05, 0) is 37.8 Å². The average molecular weight is 258 g/mol. The number of rotatable bonds is 5. The van der Waals surface area contributed by atoms with Crippen LogP contribution in [0.4, 0.5) is 0 Å². The van der Waals surface area contributed by atoms with Gasteiger partial charge in [-0.2, -0.15) is 0 Å². The van der Waals surface area contributed by atoms with E-state index in [2.05, 4.69) is 41.8 Å². The molecule has 102 valence electrons. The topological polar surface area (TPSA) is 41.1 Å². The summed E-state index contributed by atoms with van der Waals surface area (Å²) in [4.78, 5) is 12.0. The van der Waals surface area contributed by atoms with E-state index < -0.39 is 0 Å². The molecule has 2 rings (SSSR count). The first-order valence-corrected chi connectivity index (χ1v) is 6.91.